The Labute approximate surface area is 181 Å². The van der Waals surface area contributed by atoms with Gasteiger partial charge in [0.2, 0.25) is 0 Å². The van der Waals surface area contributed by atoms with Crippen molar-refractivity contribution in [1.82, 2.24) is 0 Å². The van der Waals surface area contributed by atoms with E-state index in [-0.39, 0.29) is 0 Å². The maximum absolute atomic E-state index is 2.91. The SMILES string of the molecule is CCCCCP(c1ccccc1)(c1ccccc1)(c1ccccc1)c1ccccc1. The molecule has 0 saturated carbocycles. The zero-order valence-electron chi connectivity index (χ0n) is 17.8. The van der Waals surface area contributed by atoms with Crippen LogP contribution in [0.1, 0.15) is 26.2 Å². The van der Waals surface area contributed by atoms with E-state index < -0.39 is 6.60 Å². The number of hydrogen-bond donors (Lipinski definition) is 0. The van der Waals surface area contributed by atoms with Crippen molar-refractivity contribution in [3.8, 4) is 0 Å². The van der Waals surface area contributed by atoms with Crippen molar-refractivity contribution in [1.29, 1.82) is 0 Å². The van der Waals surface area contributed by atoms with Crippen LogP contribution in [0.3, 0.4) is 0 Å². The third-order valence-electron chi connectivity index (χ3n) is 6.51. The molecule has 0 unspecified atom stereocenters. The van der Waals surface area contributed by atoms with Crippen LogP contribution in [-0.2, 0) is 0 Å². The van der Waals surface area contributed by atoms with E-state index in [0.717, 1.165) is 6.16 Å². The summed E-state index contributed by atoms with van der Waals surface area (Å²) in [5.74, 6) is 0. The predicted octanol–water partition coefficient (Wildman–Crippen LogP) is 6.03. The molecule has 152 valence electrons. The monoisotopic (exact) mass is 410 g/mol. The number of hydrogen-bond acceptors (Lipinski definition) is 0. The van der Waals surface area contributed by atoms with Crippen LogP contribution in [0.5, 0.6) is 0 Å². The molecule has 0 spiro atoms. The van der Waals surface area contributed by atoms with E-state index in [0.29, 0.717) is 0 Å². The van der Waals surface area contributed by atoms with E-state index in [1.54, 1.807) is 0 Å². The molecular formula is C29H31P. The van der Waals surface area contributed by atoms with E-state index >= 15 is 0 Å². The Morgan fingerprint density at radius 2 is 0.733 bits per heavy atom. The Morgan fingerprint density at radius 3 is 1.00 bits per heavy atom. The van der Waals surface area contributed by atoms with Gasteiger partial charge in [-0.3, -0.25) is 0 Å². The number of unbranched alkanes of at least 4 members (excludes halogenated alkanes) is 2. The van der Waals surface area contributed by atoms with Crippen molar-refractivity contribution >= 4 is 27.8 Å². The zero-order valence-corrected chi connectivity index (χ0v) is 18.7. The number of benzene rings is 4. The third-order valence-corrected chi connectivity index (χ3v) is 13.5. The van der Waals surface area contributed by atoms with Gasteiger partial charge in [-0.25, -0.2) is 0 Å². The fraction of sp³-hybridized carbons (Fsp3) is 0.172. The first kappa shape index (κ1) is 20.6. The molecule has 0 atom stereocenters. The van der Waals surface area contributed by atoms with Gasteiger partial charge in [-0.1, -0.05) is 0 Å². The fourth-order valence-corrected chi connectivity index (χ4v) is 12.1. The molecule has 0 amide bonds. The summed E-state index contributed by atoms with van der Waals surface area (Å²) < 4.78 is 0. The first-order valence-electron chi connectivity index (χ1n) is 11.1. The van der Waals surface area contributed by atoms with Crippen LogP contribution < -0.4 is 21.2 Å². The number of rotatable bonds is 8. The van der Waals surface area contributed by atoms with E-state index in [9.17, 15) is 0 Å². The summed E-state index contributed by atoms with van der Waals surface area (Å²) in [4.78, 5) is 0. The van der Waals surface area contributed by atoms with Crippen molar-refractivity contribution in [3.63, 3.8) is 0 Å². The van der Waals surface area contributed by atoms with Crippen LogP contribution in [-0.4, -0.2) is 6.16 Å². The summed E-state index contributed by atoms with van der Waals surface area (Å²) in [5, 5.41) is 5.85. The summed E-state index contributed by atoms with van der Waals surface area (Å²) in [6.07, 6.45) is 4.83. The van der Waals surface area contributed by atoms with Crippen LogP contribution in [0, 0.1) is 0 Å². The van der Waals surface area contributed by atoms with Crippen molar-refractivity contribution in [2.45, 2.75) is 26.2 Å². The van der Waals surface area contributed by atoms with Gasteiger partial charge in [0.05, 0.1) is 0 Å². The van der Waals surface area contributed by atoms with Gasteiger partial charge in [-0.05, 0) is 0 Å². The van der Waals surface area contributed by atoms with Gasteiger partial charge >= 0.3 is 181 Å². The summed E-state index contributed by atoms with van der Waals surface area (Å²) in [6, 6.07) is 45.2. The Morgan fingerprint density at radius 1 is 0.433 bits per heavy atom. The standard InChI is InChI=1S/C29H31P/c1-2-3-16-25-30(26-17-8-4-9-18-26,27-19-10-5-11-20-27,28-21-12-6-13-22-28)29-23-14-7-15-24-29/h4-15,17-24H,2-3,16,25H2,1H3. The normalized spacial score (nSPS) is 12.8. The van der Waals surface area contributed by atoms with Crippen molar-refractivity contribution < 1.29 is 0 Å². The van der Waals surface area contributed by atoms with Gasteiger partial charge in [-0.15, -0.1) is 0 Å². The van der Waals surface area contributed by atoms with Crippen molar-refractivity contribution in [2.24, 2.45) is 0 Å². The molecule has 4 rings (SSSR count). The maximum atomic E-state index is 2.37. The first-order valence-corrected chi connectivity index (χ1v) is 13.5. The zero-order chi connectivity index (χ0) is 20.7. The van der Waals surface area contributed by atoms with E-state index in [1.807, 2.05) is 0 Å². The average Bonchev–Trinajstić information content (AvgIpc) is 2.85. The van der Waals surface area contributed by atoms with Gasteiger partial charge in [0.25, 0.3) is 0 Å². The van der Waals surface area contributed by atoms with Crippen LogP contribution in [0.15, 0.2) is 121 Å². The van der Waals surface area contributed by atoms with Crippen LogP contribution >= 0.6 is 6.60 Å². The van der Waals surface area contributed by atoms with E-state index in [2.05, 4.69) is 128 Å². The topological polar surface area (TPSA) is 0 Å². The van der Waals surface area contributed by atoms with Gasteiger partial charge < -0.3 is 0 Å². The molecule has 0 saturated heterocycles. The summed E-state index contributed by atoms with van der Waals surface area (Å²) >= 11 is 0. The Kier molecular flexibility index (Phi) is 6.16. The molecule has 0 fully saturated rings. The molecule has 0 aromatic heterocycles. The Balaban J connectivity index is 2.21. The summed E-state index contributed by atoms with van der Waals surface area (Å²) in [6.45, 7) is -0.615. The summed E-state index contributed by atoms with van der Waals surface area (Å²) in [7, 11) is 0. The van der Waals surface area contributed by atoms with Crippen LogP contribution in [0.4, 0.5) is 0 Å². The van der Waals surface area contributed by atoms with Crippen molar-refractivity contribution in [2.75, 3.05) is 6.16 Å². The van der Waals surface area contributed by atoms with Crippen LogP contribution in [0.2, 0.25) is 0 Å². The summed E-state index contributed by atoms with van der Waals surface area (Å²) in [5.41, 5.74) is 0. The second-order valence-corrected chi connectivity index (χ2v) is 13.2. The van der Waals surface area contributed by atoms with Gasteiger partial charge in [0.1, 0.15) is 0 Å². The molecule has 30 heavy (non-hydrogen) atoms. The molecular weight excluding hydrogens is 379 g/mol. The van der Waals surface area contributed by atoms with Gasteiger partial charge in [0.15, 0.2) is 0 Å². The predicted molar refractivity (Wildman–Crippen MR) is 136 cm³/mol. The molecule has 0 bridgehead atoms. The molecule has 0 nitrogen and oxygen atoms in total. The molecule has 4 aromatic rings. The van der Waals surface area contributed by atoms with Gasteiger partial charge in [0, 0.05) is 0 Å². The molecule has 0 N–H and O–H groups in total. The average molecular weight is 411 g/mol. The molecule has 0 radical (unpaired) electrons. The molecule has 4 aromatic carbocycles. The third kappa shape index (κ3) is 3.21. The Hall–Kier alpha value is -2.69. The second kappa shape index (κ2) is 8.99. The molecule has 0 aliphatic heterocycles. The minimum atomic E-state index is -2.91. The van der Waals surface area contributed by atoms with E-state index in [1.165, 1.54) is 40.5 Å². The Bertz CT molecular complexity index is 871. The van der Waals surface area contributed by atoms with E-state index in [4.69, 9.17) is 0 Å². The van der Waals surface area contributed by atoms with Crippen LogP contribution in [0.25, 0.3) is 0 Å². The van der Waals surface area contributed by atoms with Gasteiger partial charge in [-0.2, -0.15) is 0 Å². The minimum absolute atomic E-state index is 1.15. The molecule has 0 aliphatic carbocycles. The first-order chi connectivity index (χ1) is 14.8. The quantitative estimate of drug-likeness (QED) is 0.246. The van der Waals surface area contributed by atoms with Crippen molar-refractivity contribution in [3.05, 3.63) is 121 Å². The fourth-order valence-electron chi connectivity index (χ4n) is 5.12. The molecule has 0 heterocycles. The second-order valence-electron chi connectivity index (χ2n) is 8.08. The molecule has 0 aliphatic rings. The molecule has 1 heteroatoms.